The standard InChI is InChI=1S/C24H30F3NO2/c1-29-16-17-30-23(24(25,26)27)14-12-22(13-15-23)28(18-20-8-4-2-5-9-20)19-21-10-6-3-7-11-21/h2-11,22H,12-19H2,1H3. The first kappa shape index (κ1) is 22.8. The van der Waals surface area contributed by atoms with Crippen molar-refractivity contribution in [2.75, 3.05) is 20.3 Å². The van der Waals surface area contributed by atoms with Gasteiger partial charge in [0.1, 0.15) is 0 Å². The van der Waals surface area contributed by atoms with E-state index in [4.69, 9.17) is 9.47 Å². The number of alkyl halides is 3. The lowest BCUT2D eigenvalue weighted by Crippen LogP contribution is -2.53. The first-order valence-corrected chi connectivity index (χ1v) is 10.4. The second-order valence-electron chi connectivity index (χ2n) is 7.94. The summed E-state index contributed by atoms with van der Waals surface area (Å²) in [5, 5.41) is 0. The van der Waals surface area contributed by atoms with Crippen molar-refractivity contribution in [3.05, 3.63) is 71.8 Å². The second kappa shape index (κ2) is 10.4. The van der Waals surface area contributed by atoms with Crippen LogP contribution in [-0.4, -0.2) is 43.0 Å². The van der Waals surface area contributed by atoms with Gasteiger partial charge in [0.2, 0.25) is 0 Å². The monoisotopic (exact) mass is 421 g/mol. The average Bonchev–Trinajstić information content (AvgIpc) is 2.75. The quantitative estimate of drug-likeness (QED) is 0.492. The van der Waals surface area contributed by atoms with Crippen LogP contribution in [0.15, 0.2) is 60.7 Å². The molecule has 0 radical (unpaired) electrons. The Morgan fingerprint density at radius 3 is 1.80 bits per heavy atom. The van der Waals surface area contributed by atoms with Gasteiger partial charge in [-0.2, -0.15) is 13.2 Å². The van der Waals surface area contributed by atoms with E-state index in [0.717, 1.165) is 11.1 Å². The highest BCUT2D eigenvalue weighted by Crippen LogP contribution is 2.45. The van der Waals surface area contributed by atoms with Crippen LogP contribution in [0.25, 0.3) is 0 Å². The molecule has 3 nitrogen and oxygen atoms in total. The van der Waals surface area contributed by atoms with Gasteiger partial charge in [-0.05, 0) is 36.8 Å². The number of nitrogens with zero attached hydrogens (tertiary/aromatic N) is 1. The van der Waals surface area contributed by atoms with Gasteiger partial charge < -0.3 is 9.47 Å². The Morgan fingerprint density at radius 2 is 1.37 bits per heavy atom. The van der Waals surface area contributed by atoms with Crippen LogP contribution in [0.2, 0.25) is 0 Å². The lowest BCUT2D eigenvalue weighted by atomic mass is 9.80. The van der Waals surface area contributed by atoms with Crippen molar-refractivity contribution in [2.45, 2.75) is 56.6 Å². The highest BCUT2D eigenvalue weighted by atomic mass is 19.4. The Morgan fingerprint density at radius 1 is 0.867 bits per heavy atom. The SMILES string of the molecule is COCCOC1(C(F)(F)F)CCC(N(Cc2ccccc2)Cc2ccccc2)CC1. The summed E-state index contributed by atoms with van der Waals surface area (Å²) in [5.74, 6) is 0. The predicted molar refractivity (Wildman–Crippen MR) is 111 cm³/mol. The molecule has 0 unspecified atom stereocenters. The molecule has 0 heterocycles. The maximum atomic E-state index is 13.9. The van der Waals surface area contributed by atoms with Gasteiger partial charge in [0.25, 0.3) is 0 Å². The molecule has 0 aliphatic heterocycles. The van der Waals surface area contributed by atoms with Crippen molar-refractivity contribution in [3.8, 4) is 0 Å². The zero-order chi connectivity index (χ0) is 21.5. The minimum absolute atomic E-state index is 0.0229. The highest BCUT2D eigenvalue weighted by Gasteiger charge is 2.57. The van der Waals surface area contributed by atoms with Crippen LogP contribution in [0, 0.1) is 0 Å². The van der Waals surface area contributed by atoms with E-state index in [2.05, 4.69) is 29.2 Å². The summed E-state index contributed by atoms with van der Waals surface area (Å²) in [7, 11) is 1.46. The van der Waals surface area contributed by atoms with E-state index in [-0.39, 0.29) is 32.1 Å². The topological polar surface area (TPSA) is 21.7 Å². The van der Waals surface area contributed by atoms with Crippen LogP contribution >= 0.6 is 0 Å². The highest BCUT2D eigenvalue weighted by molar-refractivity contribution is 5.17. The molecule has 3 rings (SSSR count). The van der Waals surface area contributed by atoms with Gasteiger partial charge in [0.05, 0.1) is 13.2 Å². The summed E-state index contributed by atoms with van der Waals surface area (Å²) >= 11 is 0. The predicted octanol–water partition coefficient (Wildman–Crippen LogP) is 5.60. The number of ether oxygens (including phenoxy) is 2. The van der Waals surface area contributed by atoms with Crippen LogP contribution in [-0.2, 0) is 22.6 Å². The van der Waals surface area contributed by atoms with E-state index < -0.39 is 11.8 Å². The number of hydrogen-bond acceptors (Lipinski definition) is 3. The average molecular weight is 422 g/mol. The Balaban J connectivity index is 1.73. The smallest absolute Gasteiger partial charge is 0.382 e. The fraction of sp³-hybridized carbons (Fsp3) is 0.500. The van der Waals surface area contributed by atoms with Crippen LogP contribution in [0.1, 0.15) is 36.8 Å². The summed E-state index contributed by atoms with van der Waals surface area (Å²) in [6, 6.07) is 20.3. The molecule has 2 aromatic carbocycles. The number of hydrogen-bond donors (Lipinski definition) is 0. The van der Waals surface area contributed by atoms with Crippen molar-refractivity contribution in [1.29, 1.82) is 0 Å². The van der Waals surface area contributed by atoms with E-state index in [1.54, 1.807) is 0 Å². The first-order valence-electron chi connectivity index (χ1n) is 10.4. The van der Waals surface area contributed by atoms with Crippen molar-refractivity contribution in [3.63, 3.8) is 0 Å². The number of benzene rings is 2. The molecular formula is C24H30F3NO2. The third-order valence-electron chi connectivity index (χ3n) is 5.92. The molecule has 1 aliphatic carbocycles. The van der Waals surface area contributed by atoms with E-state index in [1.807, 2.05) is 36.4 Å². The van der Waals surface area contributed by atoms with Crippen LogP contribution < -0.4 is 0 Å². The fourth-order valence-electron chi connectivity index (χ4n) is 4.21. The minimum Gasteiger partial charge on any atom is -0.382 e. The fourth-order valence-corrected chi connectivity index (χ4v) is 4.21. The van der Waals surface area contributed by atoms with E-state index in [0.29, 0.717) is 25.9 Å². The van der Waals surface area contributed by atoms with Gasteiger partial charge in [0.15, 0.2) is 5.60 Å². The van der Waals surface area contributed by atoms with Gasteiger partial charge in [-0.1, -0.05) is 60.7 Å². The molecule has 1 saturated carbocycles. The third kappa shape index (κ3) is 5.84. The molecule has 164 valence electrons. The third-order valence-corrected chi connectivity index (χ3v) is 5.92. The summed E-state index contributed by atoms with van der Waals surface area (Å²) in [6.07, 6.45) is -3.52. The molecule has 1 aliphatic rings. The second-order valence-corrected chi connectivity index (χ2v) is 7.94. The first-order chi connectivity index (χ1) is 14.4. The van der Waals surface area contributed by atoms with Crippen molar-refractivity contribution in [1.82, 2.24) is 4.90 Å². The van der Waals surface area contributed by atoms with Crippen LogP contribution in [0.5, 0.6) is 0 Å². The Labute approximate surface area is 176 Å². The molecule has 0 amide bonds. The summed E-state index contributed by atoms with van der Waals surface area (Å²) in [4.78, 5) is 2.31. The number of halogens is 3. The molecule has 30 heavy (non-hydrogen) atoms. The molecule has 2 aromatic rings. The Hall–Kier alpha value is -1.89. The molecular weight excluding hydrogens is 391 g/mol. The van der Waals surface area contributed by atoms with Crippen molar-refractivity contribution < 1.29 is 22.6 Å². The number of rotatable bonds is 9. The van der Waals surface area contributed by atoms with Crippen LogP contribution in [0.4, 0.5) is 13.2 Å². The van der Waals surface area contributed by atoms with Gasteiger partial charge in [-0.3, -0.25) is 4.90 Å². The molecule has 6 heteroatoms. The molecule has 0 saturated heterocycles. The summed E-state index contributed by atoms with van der Waals surface area (Å²) < 4.78 is 51.9. The van der Waals surface area contributed by atoms with Crippen LogP contribution in [0.3, 0.4) is 0 Å². The van der Waals surface area contributed by atoms with Crippen molar-refractivity contribution >= 4 is 0 Å². The molecule has 0 N–H and O–H groups in total. The lowest BCUT2D eigenvalue weighted by Gasteiger charge is -2.44. The molecule has 0 bridgehead atoms. The van der Waals surface area contributed by atoms with Gasteiger partial charge in [-0.15, -0.1) is 0 Å². The minimum atomic E-state index is -4.38. The molecule has 0 atom stereocenters. The largest absolute Gasteiger partial charge is 0.417 e. The van der Waals surface area contributed by atoms with Crippen molar-refractivity contribution in [2.24, 2.45) is 0 Å². The molecule has 0 spiro atoms. The maximum Gasteiger partial charge on any atom is 0.417 e. The molecule has 0 aromatic heterocycles. The normalized spacial score (nSPS) is 22.4. The van der Waals surface area contributed by atoms with Gasteiger partial charge in [-0.25, -0.2) is 0 Å². The zero-order valence-electron chi connectivity index (χ0n) is 17.4. The Kier molecular flexibility index (Phi) is 7.92. The van der Waals surface area contributed by atoms with Gasteiger partial charge in [0, 0.05) is 26.2 Å². The van der Waals surface area contributed by atoms with E-state index in [9.17, 15) is 13.2 Å². The maximum absolute atomic E-state index is 13.9. The molecule has 1 fully saturated rings. The van der Waals surface area contributed by atoms with Gasteiger partial charge >= 0.3 is 6.18 Å². The van der Waals surface area contributed by atoms with E-state index in [1.165, 1.54) is 7.11 Å². The summed E-state index contributed by atoms with van der Waals surface area (Å²) in [6.45, 7) is 1.54. The lowest BCUT2D eigenvalue weighted by molar-refractivity contribution is -0.292. The Bertz CT molecular complexity index is 703. The van der Waals surface area contributed by atoms with E-state index >= 15 is 0 Å². The zero-order valence-corrected chi connectivity index (χ0v) is 17.4. The number of methoxy groups -OCH3 is 1. The summed E-state index contributed by atoms with van der Waals surface area (Å²) in [5.41, 5.74) is 0.266.